The SMILES string of the molecule is CCSc1nc(OC)c(C(N)=O)c(SC)n1. The molecule has 0 atom stereocenters. The van der Waals surface area contributed by atoms with Gasteiger partial charge < -0.3 is 10.5 Å². The molecule has 0 aliphatic heterocycles. The number of methoxy groups -OCH3 is 1. The third-order valence-corrected chi connectivity index (χ3v) is 3.14. The van der Waals surface area contributed by atoms with Gasteiger partial charge in [0.25, 0.3) is 5.91 Å². The highest BCUT2D eigenvalue weighted by Gasteiger charge is 2.19. The van der Waals surface area contributed by atoms with Gasteiger partial charge in [0.05, 0.1) is 7.11 Å². The zero-order chi connectivity index (χ0) is 12.1. The molecule has 0 radical (unpaired) electrons. The average molecular weight is 259 g/mol. The third kappa shape index (κ3) is 2.79. The molecule has 1 rings (SSSR count). The van der Waals surface area contributed by atoms with Crippen LogP contribution in [-0.4, -0.2) is 35.0 Å². The van der Waals surface area contributed by atoms with E-state index in [0.29, 0.717) is 10.2 Å². The Morgan fingerprint density at radius 1 is 1.50 bits per heavy atom. The largest absolute Gasteiger partial charge is 0.480 e. The van der Waals surface area contributed by atoms with E-state index in [1.54, 1.807) is 0 Å². The van der Waals surface area contributed by atoms with E-state index in [2.05, 4.69) is 9.97 Å². The van der Waals surface area contributed by atoms with Crippen LogP contribution in [0.2, 0.25) is 0 Å². The van der Waals surface area contributed by atoms with Gasteiger partial charge in [-0.05, 0) is 12.0 Å². The number of hydrogen-bond acceptors (Lipinski definition) is 6. The van der Waals surface area contributed by atoms with Crippen molar-refractivity contribution in [2.24, 2.45) is 5.73 Å². The van der Waals surface area contributed by atoms with E-state index in [0.717, 1.165) is 5.75 Å². The van der Waals surface area contributed by atoms with Crippen molar-refractivity contribution in [2.45, 2.75) is 17.1 Å². The highest BCUT2D eigenvalue weighted by molar-refractivity contribution is 7.99. The second kappa shape index (κ2) is 5.95. The molecular weight excluding hydrogens is 246 g/mol. The number of hydrogen-bond donors (Lipinski definition) is 1. The van der Waals surface area contributed by atoms with Gasteiger partial charge in [0.1, 0.15) is 10.6 Å². The number of nitrogens with two attached hydrogens (primary N) is 1. The van der Waals surface area contributed by atoms with Crippen LogP contribution in [0.3, 0.4) is 0 Å². The summed E-state index contributed by atoms with van der Waals surface area (Å²) in [6.07, 6.45) is 1.83. The van der Waals surface area contributed by atoms with E-state index in [9.17, 15) is 4.79 Å². The lowest BCUT2D eigenvalue weighted by molar-refractivity contribution is 0.0992. The van der Waals surface area contributed by atoms with Gasteiger partial charge in [-0.15, -0.1) is 11.8 Å². The van der Waals surface area contributed by atoms with Crippen LogP contribution in [0.15, 0.2) is 10.2 Å². The molecule has 0 aromatic carbocycles. The fourth-order valence-corrected chi connectivity index (χ4v) is 2.29. The molecule has 5 nitrogen and oxygen atoms in total. The standard InChI is InChI=1S/C9H13N3O2S2/c1-4-16-9-11-7(14-2)5(6(10)13)8(12-9)15-3/h4H2,1-3H3,(H2,10,13). The molecule has 0 aliphatic carbocycles. The van der Waals surface area contributed by atoms with Gasteiger partial charge in [0.15, 0.2) is 5.16 Å². The zero-order valence-corrected chi connectivity index (χ0v) is 10.9. The number of primary amides is 1. The van der Waals surface area contributed by atoms with E-state index in [1.807, 2.05) is 13.2 Å². The van der Waals surface area contributed by atoms with Crippen molar-refractivity contribution in [2.75, 3.05) is 19.1 Å². The van der Waals surface area contributed by atoms with Crippen molar-refractivity contribution in [3.63, 3.8) is 0 Å². The first-order valence-electron chi connectivity index (χ1n) is 4.56. The van der Waals surface area contributed by atoms with Gasteiger partial charge in [0, 0.05) is 0 Å². The Morgan fingerprint density at radius 2 is 2.19 bits per heavy atom. The van der Waals surface area contributed by atoms with Crippen LogP contribution in [-0.2, 0) is 0 Å². The minimum Gasteiger partial charge on any atom is -0.480 e. The molecule has 0 unspecified atom stereocenters. The predicted octanol–water partition coefficient (Wildman–Crippen LogP) is 1.42. The Morgan fingerprint density at radius 3 is 2.62 bits per heavy atom. The summed E-state index contributed by atoms with van der Waals surface area (Å²) in [5.41, 5.74) is 5.52. The Hall–Kier alpha value is -0.950. The number of ether oxygens (including phenoxy) is 1. The molecule has 88 valence electrons. The van der Waals surface area contributed by atoms with Crippen molar-refractivity contribution >= 4 is 29.4 Å². The first-order valence-corrected chi connectivity index (χ1v) is 6.77. The highest BCUT2D eigenvalue weighted by Crippen LogP contribution is 2.28. The monoisotopic (exact) mass is 259 g/mol. The van der Waals surface area contributed by atoms with Gasteiger partial charge >= 0.3 is 0 Å². The number of aromatic nitrogens is 2. The summed E-state index contributed by atoms with van der Waals surface area (Å²) < 4.78 is 5.06. The molecule has 0 spiro atoms. The van der Waals surface area contributed by atoms with Crippen molar-refractivity contribution in [3.05, 3.63) is 5.56 Å². The van der Waals surface area contributed by atoms with Crippen molar-refractivity contribution in [1.29, 1.82) is 0 Å². The van der Waals surface area contributed by atoms with Gasteiger partial charge in [-0.3, -0.25) is 4.79 Å². The molecule has 2 N–H and O–H groups in total. The smallest absolute Gasteiger partial charge is 0.256 e. The van der Waals surface area contributed by atoms with E-state index >= 15 is 0 Å². The average Bonchev–Trinajstić information content (AvgIpc) is 2.27. The molecule has 0 bridgehead atoms. The first-order chi connectivity index (χ1) is 7.63. The molecule has 7 heteroatoms. The van der Waals surface area contributed by atoms with Gasteiger partial charge in [0.2, 0.25) is 5.88 Å². The quantitative estimate of drug-likeness (QED) is 0.489. The number of carbonyl (C=O) groups excluding carboxylic acids is 1. The maximum absolute atomic E-state index is 11.3. The number of amides is 1. The van der Waals surface area contributed by atoms with Crippen molar-refractivity contribution in [1.82, 2.24) is 9.97 Å². The fourth-order valence-electron chi connectivity index (χ4n) is 1.10. The van der Waals surface area contributed by atoms with E-state index in [1.165, 1.54) is 30.6 Å². The normalized spacial score (nSPS) is 10.2. The molecule has 0 saturated carbocycles. The maximum Gasteiger partial charge on any atom is 0.256 e. The summed E-state index contributed by atoms with van der Waals surface area (Å²) in [6, 6.07) is 0. The minimum absolute atomic E-state index is 0.239. The molecular formula is C9H13N3O2S2. The van der Waals surface area contributed by atoms with E-state index < -0.39 is 5.91 Å². The molecule has 1 amide bonds. The summed E-state index contributed by atoms with van der Waals surface area (Å²) in [7, 11) is 1.46. The van der Waals surface area contributed by atoms with Crippen LogP contribution in [0, 0.1) is 0 Å². The van der Waals surface area contributed by atoms with Crippen LogP contribution in [0.5, 0.6) is 5.88 Å². The summed E-state index contributed by atoms with van der Waals surface area (Å²) in [6.45, 7) is 2.00. The predicted molar refractivity (Wildman–Crippen MR) is 65.3 cm³/mol. The Kier molecular flexibility index (Phi) is 4.88. The second-order valence-electron chi connectivity index (χ2n) is 2.70. The number of carbonyl (C=O) groups is 1. The fraction of sp³-hybridized carbons (Fsp3) is 0.444. The van der Waals surface area contributed by atoms with Crippen LogP contribution < -0.4 is 10.5 Å². The van der Waals surface area contributed by atoms with Gasteiger partial charge in [-0.2, -0.15) is 4.98 Å². The lowest BCUT2D eigenvalue weighted by atomic mass is 10.3. The van der Waals surface area contributed by atoms with Crippen LogP contribution in [0.1, 0.15) is 17.3 Å². The third-order valence-electron chi connectivity index (χ3n) is 1.73. The lowest BCUT2D eigenvalue weighted by Gasteiger charge is -2.09. The summed E-state index contributed by atoms with van der Waals surface area (Å²) in [5.74, 6) is 0.518. The Labute approximate surface area is 103 Å². The van der Waals surface area contributed by atoms with E-state index in [-0.39, 0.29) is 11.4 Å². The topological polar surface area (TPSA) is 78.1 Å². The Bertz CT molecular complexity index is 373. The summed E-state index contributed by atoms with van der Waals surface area (Å²) in [4.78, 5) is 19.6. The summed E-state index contributed by atoms with van der Waals surface area (Å²) in [5, 5.41) is 1.14. The number of nitrogens with zero attached hydrogens (tertiary/aromatic N) is 2. The molecule has 0 saturated heterocycles. The minimum atomic E-state index is -0.575. The molecule has 16 heavy (non-hydrogen) atoms. The second-order valence-corrected chi connectivity index (χ2v) is 4.72. The van der Waals surface area contributed by atoms with Crippen LogP contribution >= 0.6 is 23.5 Å². The van der Waals surface area contributed by atoms with Crippen LogP contribution in [0.4, 0.5) is 0 Å². The molecule has 1 aromatic rings. The molecule has 1 heterocycles. The molecule has 0 fully saturated rings. The van der Waals surface area contributed by atoms with Crippen molar-refractivity contribution in [3.8, 4) is 5.88 Å². The molecule has 1 aromatic heterocycles. The number of rotatable bonds is 5. The lowest BCUT2D eigenvalue weighted by Crippen LogP contribution is -2.16. The maximum atomic E-state index is 11.3. The number of thioether (sulfide) groups is 2. The Balaban J connectivity index is 3.31. The molecule has 0 aliphatic rings. The summed E-state index contributed by atoms with van der Waals surface area (Å²) >= 11 is 2.84. The van der Waals surface area contributed by atoms with Crippen LogP contribution in [0.25, 0.3) is 0 Å². The van der Waals surface area contributed by atoms with Gasteiger partial charge in [-0.25, -0.2) is 4.98 Å². The first kappa shape index (κ1) is 13.1. The zero-order valence-electron chi connectivity index (χ0n) is 9.31. The van der Waals surface area contributed by atoms with Gasteiger partial charge in [-0.1, -0.05) is 18.7 Å². The van der Waals surface area contributed by atoms with E-state index in [4.69, 9.17) is 10.5 Å². The van der Waals surface area contributed by atoms with Crippen molar-refractivity contribution < 1.29 is 9.53 Å². The highest BCUT2D eigenvalue weighted by atomic mass is 32.2.